The summed E-state index contributed by atoms with van der Waals surface area (Å²) in [5.74, 6) is 0.879. The van der Waals surface area contributed by atoms with Gasteiger partial charge in [0.05, 0.1) is 12.0 Å². The molecule has 16 heavy (non-hydrogen) atoms. The molecular formula is C13H23N3. The molecule has 0 aliphatic heterocycles. The van der Waals surface area contributed by atoms with Crippen molar-refractivity contribution < 1.29 is 0 Å². The van der Waals surface area contributed by atoms with E-state index in [1.807, 2.05) is 12.5 Å². The second-order valence-corrected chi connectivity index (χ2v) is 5.04. The SMILES string of the molecule is CCCNCc1cncn1C1CCC(C)C1. The number of nitrogens with one attached hydrogen (secondary N) is 1. The Hall–Kier alpha value is -0.830. The van der Waals surface area contributed by atoms with Crippen molar-refractivity contribution in [2.75, 3.05) is 6.54 Å². The molecule has 1 fully saturated rings. The van der Waals surface area contributed by atoms with Crippen LogP contribution in [0.1, 0.15) is 51.3 Å². The van der Waals surface area contributed by atoms with Crippen molar-refractivity contribution in [1.82, 2.24) is 14.9 Å². The zero-order valence-corrected chi connectivity index (χ0v) is 10.4. The Morgan fingerprint density at radius 2 is 2.38 bits per heavy atom. The van der Waals surface area contributed by atoms with Crippen LogP contribution in [-0.2, 0) is 6.54 Å². The Balaban J connectivity index is 1.96. The monoisotopic (exact) mass is 221 g/mol. The second-order valence-electron chi connectivity index (χ2n) is 5.04. The Bertz CT molecular complexity index is 319. The van der Waals surface area contributed by atoms with Crippen LogP contribution in [0.2, 0.25) is 0 Å². The highest BCUT2D eigenvalue weighted by molar-refractivity contribution is 5.01. The Labute approximate surface area is 98.3 Å². The number of nitrogens with zero attached hydrogens (tertiary/aromatic N) is 2. The first-order valence-corrected chi connectivity index (χ1v) is 6.52. The highest BCUT2D eigenvalue weighted by Crippen LogP contribution is 2.34. The molecule has 2 rings (SSSR count). The Morgan fingerprint density at radius 1 is 1.50 bits per heavy atom. The number of hydrogen-bond acceptors (Lipinski definition) is 2. The molecule has 1 saturated carbocycles. The molecule has 3 heteroatoms. The quantitative estimate of drug-likeness (QED) is 0.775. The van der Waals surface area contributed by atoms with Crippen molar-refractivity contribution >= 4 is 0 Å². The van der Waals surface area contributed by atoms with E-state index < -0.39 is 0 Å². The summed E-state index contributed by atoms with van der Waals surface area (Å²) in [4.78, 5) is 4.29. The first-order chi connectivity index (χ1) is 7.81. The summed E-state index contributed by atoms with van der Waals surface area (Å²) in [6.45, 7) is 6.60. The van der Waals surface area contributed by atoms with Crippen LogP contribution in [0.25, 0.3) is 0 Å². The van der Waals surface area contributed by atoms with E-state index in [1.165, 1.54) is 31.4 Å². The first kappa shape index (κ1) is 11.6. The third-order valence-electron chi connectivity index (χ3n) is 3.54. The van der Waals surface area contributed by atoms with Crippen LogP contribution in [0.3, 0.4) is 0 Å². The molecule has 2 unspecified atom stereocenters. The summed E-state index contributed by atoms with van der Waals surface area (Å²) in [5.41, 5.74) is 1.34. The van der Waals surface area contributed by atoms with Crippen molar-refractivity contribution in [2.45, 2.75) is 52.1 Å². The maximum absolute atomic E-state index is 4.29. The van der Waals surface area contributed by atoms with Crippen LogP contribution in [0.5, 0.6) is 0 Å². The van der Waals surface area contributed by atoms with Gasteiger partial charge in [0.2, 0.25) is 0 Å². The predicted molar refractivity (Wildman–Crippen MR) is 66.3 cm³/mol. The maximum Gasteiger partial charge on any atom is 0.0951 e. The van der Waals surface area contributed by atoms with Gasteiger partial charge in [-0.15, -0.1) is 0 Å². The van der Waals surface area contributed by atoms with Gasteiger partial charge in [-0.25, -0.2) is 4.98 Å². The molecule has 1 aliphatic carbocycles. The van der Waals surface area contributed by atoms with Gasteiger partial charge < -0.3 is 9.88 Å². The summed E-state index contributed by atoms with van der Waals surface area (Å²) < 4.78 is 2.38. The number of aromatic nitrogens is 2. The van der Waals surface area contributed by atoms with E-state index in [1.54, 1.807) is 0 Å². The smallest absolute Gasteiger partial charge is 0.0951 e. The normalized spacial score (nSPS) is 25.1. The van der Waals surface area contributed by atoms with Crippen LogP contribution in [0.15, 0.2) is 12.5 Å². The molecule has 90 valence electrons. The standard InChI is InChI=1S/C13H23N3/c1-3-6-14-8-13-9-15-10-16(13)12-5-4-11(2)7-12/h9-12,14H,3-8H2,1-2H3. The average Bonchev–Trinajstić information content (AvgIpc) is 2.87. The summed E-state index contributed by atoms with van der Waals surface area (Å²) in [7, 11) is 0. The van der Waals surface area contributed by atoms with E-state index in [0.717, 1.165) is 19.0 Å². The van der Waals surface area contributed by atoms with E-state index >= 15 is 0 Å². The van der Waals surface area contributed by atoms with Gasteiger partial charge in [-0.3, -0.25) is 0 Å². The summed E-state index contributed by atoms with van der Waals surface area (Å²) in [6, 6.07) is 0.691. The molecule has 0 bridgehead atoms. The average molecular weight is 221 g/mol. The van der Waals surface area contributed by atoms with Crippen LogP contribution in [0.4, 0.5) is 0 Å². The lowest BCUT2D eigenvalue weighted by atomic mass is 10.1. The largest absolute Gasteiger partial charge is 0.330 e. The van der Waals surface area contributed by atoms with Gasteiger partial charge in [0.25, 0.3) is 0 Å². The second kappa shape index (κ2) is 5.48. The number of imidazole rings is 1. The minimum Gasteiger partial charge on any atom is -0.330 e. The van der Waals surface area contributed by atoms with Gasteiger partial charge in [0, 0.05) is 18.8 Å². The van der Waals surface area contributed by atoms with Crippen LogP contribution in [0, 0.1) is 5.92 Å². The van der Waals surface area contributed by atoms with Crippen LogP contribution in [-0.4, -0.2) is 16.1 Å². The van der Waals surface area contributed by atoms with Crippen LogP contribution < -0.4 is 5.32 Å². The van der Waals surface area contributed by atoms with Gasteiger partial charge in [-0.2, -0.15) is 0 Å². The predicted octanol–water partition coefficient (Wildman–Crippen LogP) is 2.74. The third kappa shape index (κ3) is 2.64. The van der Waals surface area contributed by atoms with Gasteiger partial charge in [-0.05, 0) is 38.1 Å². The maximum atomic E-state index is 4.29. The minimum absolute atomic E-state index is 0.691. The molecule has 1 aromatic rings. The first-order valence-electron chi connectivity index (χ1n) is 6.52. The Kier molecular flexibility index (Phi) is 3.99. The number of hydrogen-bond donors (Lipinski definition) is 1. The molecule has 1 aromatic heterocycles. The molecule has 0 radical (unpaired) electrons. The molecule has 0 aromatic carbocycles. The van der Waals surface area contributed by atoms with E-state index in [4.69, 9.17) is 0 Å². The molecule has 1 heterocycles. The molecule has 0 spiro atoms. The molecular weight excluding hydrogens is 198 g/mol. The van der Waals surface area contributed by atoms with Gasteiger partial charge in [0.1, 0.15) is 0 Å². The molecule has 1 N–H and O–H groups in total. The number of rotatable bonds is 5. The fraction of sp³-hybridized carbons (Fsp3) is 0.769. The topological polar surface area (TPSA) is 29.9 Å². The van der Waals surface area contributed by atoms with Gasteiger partial charge >= 0.3 is 0 Å². The van der Waals surface area contributed by atoms with Crippen molar-refractivity contribution in [3.63, 3.8) is 0 Å². The zero-order chi connectivity index (χ0) is 11.4. The summed E-state index contributed by atoms with van der Waals surface area (Å²) in [5, 5.41) is 3.45. The lowest BCUT2D eigenvalue weighted by Crippen LogP contribution is -2.18. The lowest BCUT2D eigenvalue weighted by molar-refractivity contribution is 0.471. The molecule has 1 aliphatic rings. The van der Waals surface area contributed by atoms with Gasteiger partial charge in [-0.1, -0.05) is 13.8 Å². The fourth-order valence-electron chi connectivity index (χ4n) is 2.62. The summed E-state index contributed by atoms with van der Waals surface area (Å²) >= 11 is 0. The minimum atomic E-state index is 0.691. The van der Waals surface area contributed by atoms with Crippen molar-refractivity contribution in [2.24, 2.45) is 5.92 Å². The molecule has 3 nitrogen and oxygen atoms in total. The lowest BCUT2D eigenvalue weighted by Gasteiger charge is -2.15. The van der Waals surface area contributed by atoms with Crippen LogP contribution >= 0.6 is 0 Å². The van der Waals surface area contributed by atoms with E-state index in [-0.39, 0.29) is 0 Å². The van der Waals surface area contributed by atoms with Gasteiger partial charge in [0.15, 0.2) is 0 Å². The van der Waals surface area contributed by atoms with E-state index in [0.29, 0.717) is 6.04 Å². The van der Waals surface area contributed by atoms with Crippen molar-refractivity contribution in [3.8, 4) is 0 Å². The highest BCUT2D eigenvalue weighted by Gasteiger charge is 2.23. The Morgan fingerprint density at radius 3 is 3.06 bits per heavy atom. The zero-order valence-electron chi connectivity index (χ0n) is 10.4. The summed E-state index contributed by atoms with van der Waals surface area (Å²) in [6.07, 6.45) is 9.20. The van der Waals surface area contributed by atoms with E-state index in [2.05, 4.69) is 28.7 Å². The molecule has 0 amide bonds. The molecule has 2 atom stereocenters. The van der Waals surface area contributed by atoms with Crippen molar-refractivity contribution in [1.29, 1.82) is 0 Å². The third-order valence-corrected chi connectivity index (χ3v) is 3.54. The van der Waals surface area contributed by atoms with Crippen molar-refractivity contribution in [3.05, 3.63) is 18.2 Å². The molecule has 0 saturated heterocycles. The fourth-order valence-corrected chi connectivity index (χ4v) is 2.62. The van der Waals surface area contributed by atoms with E-state index in [9.17, 15) is 0 Å². The highest BCUT2D eigenvalue weighted by atomic mass is 15.1.